The zero-order chi connectivity index (χ0) is 13.7. The van der Waals surface area contributed by atoms with E-state index in [1.165, 1.54) is 37.7 Å². The van der Waals surface area contributed by atoms with Crippen LogP contribution < -0.4 is 5.32 Å². The van der Waals surface area contributed by atoms with Crippen molar-refractivity contribution in [1.82, 2.24) is 0 Å². The van der Waals surface area contributed by atoms with Crippen LogP contribution in [0, 0.1) is 30.1 Å². The number of nitriles is 1. The van der Waals surface area contributed by atoms with Gasteiger partial charge in [0.1, 0.15) is 6.07 Å². The van der Waals surface area contributed by atoms with Gasteiger partial charge in [0, 0.05) is 6.54 Å². The molecule has 1 aliphatic carbocycles. The monoisotopic (exact) mass is 256 g/mol. The molecule has 102 valence electrons. The number of hydrogen-bond acceptors (Lipinski definition) is 2. The minimum atomic E-state index is 0.753. The molecule has 1 N–H and O–H groups in total. The summed E-state index contributed by atoms with van der Waals surface area (Å²) >= 11 is 0. The van der Waals surface area contributed by atoms with E-state index in [4.69, 9.17) is 5.26 Å². The lowest BCUT2D eigenvalue weighted by atomic mass is 9.81. The summed E-state index contributed by atoms with van der Waals surface area (Å²) in [5.41, 5.74) is 2.95. The largest absolute Gasteiger partial charge is 0.384 e. The predicted molar refractivity (Wildman–Crippen MR) is 80.1 cm³/mol. The molecule has 0 atom stereocenters. The minimum absolute atomic E-state index is 0.753. The molecule has 1 aliphatic rings. The second kappa shape index (κ2) is 6.61. The van der Waals surface area contributed by atoms with E-state index in [2.05, 4.69) is 31.3 Å². The van der Waals surface area contributed by atoms with Crippen LogP contribution in [0.4, 0.5) is 5.69 Å². The zero-order valence-electron chi connectivity index (χ0n) is 12.1. The van der Waals surface area contributed by atoms with Crippen molar-refractivity contribution < 1.29 is 0 Å². The Bertz CT molecular complexity index is 451. The Balaban J connectivity index is 1.83. The lowest BCUT2D eigenvalue weighted by Gasteiger charge is -2.26. The highest BCUT2D eigenvalue weighted by atomic mass is 14.9. The molecule has 0 radical (unpaired) electrons. The van der Waals surface area contributed by atoms with E-state index < -0.39 is 0 Å². The molecule has 2 rings (SSSR count). The van der Waals surface area contributed by atoms with Gasteiger partial charge in [-0.25, -0.2) is 0 Å². The van der Waals surface area contributed by atoms with Crippen LogP contribution in [-0.2, 0) is 0 Å². The zero-order valence-corrected chi connectivity index (χ0v) is 12.1. The van der Waals surface area contributed by atoms with Gasteiger partial charge < -0.3 is 5.32 Å². The van der Waals surface area contributed by atoms with E-state index in [-0.39, 0.29) is 0 Å². The molecule has 1 aromatic carbocycles. The fraction of sp³-hybridized carbons (Fsp3) is 0.588. The highest BCUT2D eigenvalue weighted by Gasteiger charge is 2.17. The van der Waals surface area contributed by atoms with Crippen LogP contribution >= 0.6 is 0 Å². The van der Waals surface area contributed by atoms with Crippen LogP contribution in [0.15, 0.2) is 18.2 Å². The first-order valence-corrected chi connectivity index (χ1v) is 7.43. The average molecular weight is 256 g/mol. The van der Waals surface area contributed by atoms with Gasteiger partial charge in [-0.15, -0.1) is 0 Å². The summed E-state index contributed by atoms with van der Waals surface area (Å²) in [5.74, 6) is 1.80. The summed E-state index contributed by atoms with van der Waals surface area (Å²) in [4.78, 5) is 0. The lowest BCUT2D eigenvalue weighted by Crippen LogP contribution is -2.16. The number of benzene rings is 1. The van der Waals surface area contributed by atoms with Gasteiger partial charge in [-0.2, -0.15) is 5.26 Å². The van der Waals surface area contributed by atoms with E-state index >= 15 is 0 Å². The molecule has 0 bridgehead atoms. The van der Waals surface area contributed by atoms with Gasteiger partial charge in [-0.3, -0.25) is 0 Å². The van der Waals surface area contributed by atoms with Gasteiger partial charge in [0.25, 0.3) is 0 Å². The summed E-state index contributed by atoms with van der Waals surface area (Å²) in [6, 6.07) is 8.22. The molecule has 1 aromatic rings. The molecule has 2 heteroatoms. The number of anilines is 1. The maximum absolute atomic E-state index is 9.10. The fourth-order valence-corrected chi connectivity index (χ4v) is 2.93. The number of nitrogens with zero attached hydrogens (tertiary/aromatic N) is 1. The molecule has 2 nitrogen and oxygen atoms in total. The van der Waals surface area contributed by atoms with Gasteiger partial charge >= 0.3 is 0 Å². The molecular weight excluding hydrogens is 232 g/mol. The highest BCUT2D eigenvalue weighted by molar-refractivity contribution is 5.58. The van der Waals surface area contributed by atoms with Crippen molar-refractivity contribution >= 4 is 5.69 Å². The molecule has 0 heterocycles. The van der Waals surface area contributed by atoms with E-state index in [1.807, 2.05) is 12.1 Å². The van der Waals surface area contributed by atoms with Crippen molar-refractivity contribution in [1.29, 1.82) is 5.26 Å². The van der Waals surface area contributed by atoms with E-state index in [0.717, 1.165) is 29.6 Å². The molecule has 19 heavy (non-hydrogen) atoms. The van der Waals surface area contributed by atoms with Crippen LogP contribution in [-0.4, -0.2) is 6.54 Å². The molecule has 0 unspecified atom stereocenters. The number of nitrogens with one attached hydrogen (secondary N) is 1. The maximum atomic E-state index is 9.10. The highest BCUT2D eigenvalue weighted by Crippen LogP contribution is 2.30. The Morgan fingerprint density at radius 3 is 2.68 bits per heavy atom. The third-order valence-electron chi connectivity index (χ3n) is 4.30. The number of rotatable bonds is 4. The molecule has 1 fully saturated rings. The summed E-state index contributed by atoms with van der Waals surface area (Å²) in [5, 5.41) is 12.5. The number of aryl methyl sites for hydroxylation is 1. The normalized spacial score (nSPS) is 22.8. The van der Waals surface area contributed by atoms with Crippen LogP contribution in [0.25, 0.3) is 0 Å². The summed E-state index contributed by atoms with van der Waals surface area (Å²) in [7, 11) is 0. The lowest BCUT2D eigenvalue weighted by molar-refractivity contribution is 0.282. The van der Waals surface area contributed by atoms with Gasteiger partial charge in [-0.05, 0) is 42.9 Å². The first kappa shape index (κ1) is 13.9. The molecule has 0 saturated heterocycles. The Kier molecular flexibility index (Phi) is 4.85. The maximum Gasteiger partial charge on any atom is 0.101 e. The van der Waals surface area contributed by atoms with Gasteiger partial charge in [0.2, 0.25) is 0 Å². The quantitative estimate of drug-likeness (QED) is 0.861. The Morgan fingerprint density at radius 2 is 2.00 bits per heavy atom. The average Bonchev–Trinajstić information content (AvgIpc) is 2.41. The van der Waals surface area contributed by atoms with E-state index in [1.54, 1.807) is 0 Å². The minimum Gasteiger partial charge on any atom is -0.384 e. The summed E-state index contributed by atoms with van der Waals surface area (Å²) in [6.45, 7) is 5.41. The Labute approximate surface area is 116 Å². The first-order chi connectivity index (χ1) is 9.19. The Hall–Kier alpha value is -1.49. The SMILES string of the molecule is Cc1ccc(C#N)c(NCCC2CCC(C)CC2)c1. The van der Waals surface area contributed by atoms with E-state index in [0.29, 0.717) is 0 Å². The Morgan fingerprint density at radius 1 is 1.26 bits per heavy atom. The molecule has 0 aromatic heterocycles. The second-order valence-corrected chi connectivity index (χ2v) is 6.00. The smallest absolute Gasteiger partial charge is 0.101 e. The first-order valence-electron chi connectivity index (χ1n) is 7.43. The van der Waals surface area contributed by atoms with Gasteiger partial charge in [-0.1, -0.05) is 38.7 Å². The van der Waals surface area contributed by atoms with Crippen molar-refractivity contribution in [3.63, 3.8) is 0 Å². The molecule has 0 spiro atoms. The van der Waals surface area contributed by atoms with Crippen LogP contribution in [0.5, 0.6) is 0 Å². The molecule has 1 saturated carbocycles. The third-order valence-corrected chi connectivity index (χ3v) is 4.30. The van der Waals surface area contributed by atoms with Crippen LogP contribution in [0.1, 0.15) is 50.2 Å². The van der Waals surface area contributed by atoms with Crippen molar-refractivity contribution in [2.75, 3.05) is 11.9 Å². The third kappa shape index (κ3) is 3.99. The van der Waals surface area contributed by atoms with Crippen LogP contribution in [0.3, 0.4) is 0 Å². The molecule has 0 amide bonds. The van der Waals surface area contributed by atoms with Crippen molar-refractivity contribution in [3.05, 3.63) is 29.3 Å². The fourth-order valence-electron chi connectivity index (χ4n) is 2.93. The van der Waals surface area contributed by atoms with Crippen molar-refractivity contribution in [3.8, 4) is 6.07 Å². The molecule has 0 aliphatic heterocycles. The standard InChI is InChI=1S/C17H24N2/c1-13-3-6-15(7-4-13)9-10-19-17-11-14(2)5-8-16(17)12-18/h5,8,11,13,15,19H,3-4,6-7,9-10H2,1-2H3. The van der Waals surface area contributed by atoms with E-state index in [9.17, 15) is 0 Å². The topological polar surface area (TPSA) is 35.8 Å². The summed E-state index contributed by atoms with van der Waals surface area (Å²) < 4.78 is 0. The summed E-state index contributed by atoms with van der Waals surface area (Å²) in [6.07, 6.45) is 6.76. The van der Waals surface area contributed by atoms with Crippen LogP contribution in [0.2, 0.25) is 0 Å². The predicted octanol–water partition coefficient (Wildman–Crippen LogP) is 4.50. The number of hydrogen-bond donors (Lipinski definition) is 1. The molecular formula is C17H24N2. The van der Waals surface area contributed by atoms with Crippen molar-refractivity contribution in [2.24, 2.45) is 11.8 Å². The van der Waals surface area contributed by atoms with Gasteiger partial charge in [0.15, 0.2) is 0 Å². The van der Waals surface area contributed by atoms with Crippen molar-refractivity contribution in [2.45, 2.75) is 46.0 Å². The van der Waals surface area contributed by atoms with Gasteiger partial charge in [0.05, 0.1) is 11.3 Å². The second-order valence-electron chi connectivity index (χ2n) is 6.00.